The summed E-state index contributed by atoms with van der Waals surface area (Å²) in [6.07, 6.45) is 21.6. The Kier molecular flexibility index (Phi) is 16.3. The van der Waals surface area contributed by atoms with Gasteiger partial charge in [-0.05, 0) is 87.6 Å². The minimum atomic E-state index is 0.759. The van der Waals surface area contributed by atoms with E-state index in [2.05, 4.69) is 67.5 Å². The number of hydrogen-bond acceptors (Lipinski definition) is 1. The van der Waals surface area contributed by atoms with Gasteiger partial charge in [-0.15, -0.1) is 0 Å². The van der Waals surface area contributed by atoms with Gasteiger partial charge in [-0.25, -0.2) is 0 Å². The van der Waals surface area contributed by atoms with Crippen LogP contribution in [-0.2, 0) is 0 Å². The minimum Gasteiger partial charge on any atom is -0.306 e. The van der Waals surface area contributed by atoms with E-state index in [4.69, 9.17) is 0 Å². The van der Waals surface area contributed by atoms with Gasteiger partial charge in [-0.2, -0.15) is 0 Å². The van der Waals surface area contributed by atoms with Gasteiger partial charge in [0, 0.05) is 6.04 Å². The fourth-order valence-corrected chi connectivity index (χ4v) is 7.14. The molecular formula is C32H65N. The van der Waals surface area contributed by atoms with Gasteiger partial charge in [0.1, 0.15) is 0 Å². The standard InChI is InChI=1S/C32H65N/c1-10-12-13-14-15-16-17-19-29(18-11-2)28(7)30-23-27(6)32(24-30)26(5)20-21-31(33(8)9)22-25(3)4/h25-32H,10-24H2,1-9H3. The zero-order valence-corrected chi connectivity index (χ0v) is 24.7. The number of rotatable bonds is 19. The molecule has 0 aromatic rings. The topological polar surface area (TPSA) is 3.24 Å². The molecule has 0 amide bonds. The van der Waals surface area contributed by atoms with Crippen molar-refractivity contribution in [2.75, 3.05) is 14.1 Å². The molecule has 1 aliphatic rings. The molecule has 0 aliphatic heterocycles. The molecule has 33 heavy (non-hydrogen) atoms. The van der Waals surface area contributed by atoms with Crippen LogP contribution in [0.3, 0.4) is 0 Å². The average molecular weight is 464 g/mol. The average Bonchev–Trinajstić information content (AvgIpc) is 3.15. The van der Waals surface area contributed by atoms with Crippen molar-refractivity contribution < 1.29 is 0 Å². The summed E-state index contributed by atoms with van der Waals surface area (Å²) in [5.74, 6) is 6.46. The van der Waals surface area contributed by atoms with Crippen LogP contribution in [0.5, 0.6) is 0 Å². The van der Waals surface area contributed by atoms with Gasteiger partial charge in [-0.3, -0.25) is 0 Å². The Morgan fingerprint density at radius 3 is 1.94 bits per heavy atom. The van der Waals surface area contributed by atoms with Gasteiger partial charge < -0.3 is 4.90 Å². The fraction of sp³-hybridized carbons (Fsp3) is 1.00. The van der Waals surface area contributed by atoms with E-state index in [1.807, 2.05) is 0 Å². The highest BCUT2D eigenvalue weighted by Crippen LogP contribution is 2.47. The molecule has 0 spiro atoms. The second-order valence-corrected chi connectivity index (χ2v) is 13.0. The first-order chi connectivity index (χ1) is 15.7. The predicted octanol–water partition coefficient (Wildman–Crippen LogP) is 10.2. The van der Waals surface area contributed by atoms with E-state index in [0.29, 0.717) is 0 Å². The van der Waals surface area contributed by atoms with Crippen molar-refractivity contribution in [1.82, 2.24) is 4.90 Å². The van der Waals surface area contributed by atoms with E-state index in [-0.39, 0.29) is 0 Å². The van der Waals surface area contributed by atoms with Crippen molar-refractivity contribution in [3.05, 3.63) is 0 Å². The Balaban J connectivity index is 2.51. The van der Waals surface area contributed by atoms with Crippen LogP contribution in [-0.4, -0.2) is 25.0 Å². The molecule has 1 heteroatoms. The van der Waals surface area contributed by atoms with Crippen molar-refractivity contribution in [2.24, 2.45) is 41.4 Å². The number of unbranched alkanes of at least 4 members (excludes halogenated alkanes) is 6. The lowest BCUT2D eigenvalue weighted by Gasteiger charge is -2.31. The van der Waals surface area contributed by atoms with Gasteiger partial charge in [0.15, 0.2) is 0 Å². The summed E-state index contributed by atoms with van der Waals surface area (Å²) in [7, 11) is 4.57. The SMILES string of the molecule is CCCCCCCCCC(CCC)C(C)C1CC(C)C(C(C)CCC(CC(C)C)N(C)C)C1. The minimum absolute atomic E-state index is 0.759. The summed E-state index contributed by atoms with van der Waals surface area (Å²) >= 11 is 0. The molecule has 0 bridgehead atoms. The maximum Gasteiger partial charge on any atom is 0.00917 e. The van der Waals surface area contributed by atoms with Gasteiger partial charge >= 0.3 is 0 Å². The van der Waals surface area contributed by atoms with Crippen molar-refractivity contribution in [3.63, 3.8) is 0 Å². The van der Waals surface area contributed by atoms with Crippen LogP contribution < -0.4 is 0 Å². The fourth-order valence-electron chi connectivity index (χ4n) is 7.14. The predicted molar refractivity (Wildman–Crippen MR) is 151 cm³/mol. The molecule has 7 unspecified atom stereocenters. The summed E-state index contributed by atoms with van der Waals surface area (Å²) < 4.78 is 0. The molecule has 0 aromatic heterocycles. The van der Waals surface area contributed by atoms with E-state index in [1.54, 1.807) is 0 Å². The lowest BCUT2D eigenvalue weighted by atomic mass is 9.76. The summed E-state index contributed by atoms with van der Waals surface area (Å²) in [5, 5.41) is 0. The van der Waals surface area contributed by atoms with Gasteiger partial charge in [0.05, 0.1) is 0 Å². The highest BCUT2D eigenvalue weighted by molar-refractivity contribution is 4.88. The van der Waals surface area contributed by atoms with E-state index in [0.717, 1.165) is 47.5 Å². The largest absolute Gasteiger partial charge is 0.306 e. The van der Waals surface area contributed by atoms with E-state index >= 15 is 0 Å². The molecule has 0 N–H and O–H groups in total. The van der Waals surface area contributed by atoms with Gasteiger partial charge in [0.2, 0.25) is 0 Å². The van der Waals surface area contributed by atoms with Crippen LogP contribution in [0.15, 0.2) is 0 Å². The second kappa shape index (κ2) is 17.4. The first-order valence-corrected chi connectivity index (χ1v) is 15.4. The third kappa shape index (κ3) is 12.0. The van der Waals surface area contributed by atoms with Crippen LogP contribution in [0.25, 0.3) is 0 Å². The molecule has 1 rings (SSSR count). The number of hydrogen-bond donors (Lipinski definition) is 0. The van der Waals surface area contributed by atoms with Crippen molar-refractivity contribution >= 4 is 0 Å². The maximum atomic E-state index is 2.64. The van der Waals surface area contributed by atoms with Crippen LogP contribution >= 0.6 is 0 Å². The van der Waals surface area contributed by atoms with Crippen molar-refractivity contribution in [3.8, 4) is 0 Å². The molecule has 7 atom stereocenters. The van der Waals surface area contributed by atoms with Crippen molar-refractivity contribution in [2.45, 2.75) is 151 Å². The smallest absolute Gasteiger partial charge is 0.00917 e. The quantitative estimate of drug-likeness (QED) is 0.172. The molecule has 1 aliphatic carbocycles. The molecule has 0 heterocycles. The third-order valence-corrected chi connectivity index (χ3v) is 9.47. The van der Waals surface area contributed by atoms with E-state index < -0.39 is 0 Å². The third-order valence-electron chi connectivity index (χ3n) is 9.47. The normalized spacial score (nSPS) is 25.0. The Bertz CT molecular complexity index is 455. The molecule has 0 aromatic carbocycles. The number of nitrogens with zero attached hydrogens (tertiary/aromatic N) is 1. The lowest BCUT2D eigenvalue weighted by Crippen LogP contribution is -2.30. The first kappa shape index (κ1) is 31.0. The van der Waals surface area contributed by atoms with Crippen LogP contribution in [0, 0.1) is 41.4 Å². The van der Waals surface area contributed by atoms with Crippen LogP contribution in [0.4, 0.5) is 0 Å². The Morgan fingerprint density at radius 1 is 0.727 bits per heavy atom. The van der Waals surface area contributed by atoms with E-state index in [1.165, 1.54) is 96.3 Å². The van der Waals surface area contributed by atoms with Crippen molar-refractivity contribution in [1.29, 1.82) is 0 Å². The first-order valence-electron chi connectivity index (χ1n) is 15.4. The van der Waals surface area contributed by atoms with Gasteiger partial charge in [0.25, 0.3) is 0 Å². The molecule has 1 nitrogen and oxygen atoms in total. The monoisotopic (exact) mass is 464 g/mol. The molecule has 198 valence electrons. The molecule has 0 saturated heterocycles. The Hall–Kier alpha value is -0.0400. The second-order valence-electron chi connectivity index (χ2n) is 13.0. The molecule has 0 radical (unpaired) electrons. The lowest BCUT2D eigenvalue weighted by molar-refractivity contribution is 0.194. The molecule has 1 fully saturated rings. The van der Waals surface area contributed by atoms with Gasteiger partial charge in [-0.1, -0.05) is 113 Å². The zero-order chi connectivity index (χ0) is 24.8. The van der Waals surface area contributed by atoms with E-state index in [9.17, 15) is 0 Å². The maximum absolute atomic E-state index is 2.64. The molecule has 1 saturated carbocycles. The van der Waals surface area contributed by atoms with Crippen LogP contribution in [0.2, 0.25) is 0 Å². The Labute approximate surface area is 211 Å². The molecular weight excluding hydrogens is 398 g/mol. The Morgan fingerprint density at radius 2 is 1.36 bits per heavy atom. The summed E-state index contributed by atoms with van der Waals surface area (Å²) in [6.45, 7) is 17.3. The zero-order valence-electron chi connectivity index (χ0n) is 24.7. The highest BCUT2D eigenvalue weighted by Gasteiger charge is 2.38. The summed E-state index contributed by atoms with van der Waals surface area (Å²) in [5.41, 5.74) is 0. The summed E-state index contributed by atoms with van der Waals surface area (Å²) in [4.78, 5) is 2.48. The highest BCUT2D eigenvalue weighted by atomic mass is 15.1. The summed E-state index contributed by atoms with van der Waals surface area (Å²) in [6, 6.07) is 0.759. The van der Waals surface area contributed by atoms with Crippen LogP contribution in [0.1, 0.15) is 145 Å².